The van der Waals surface area contributed by atoms with Crippen LogP contribution in [-0.4, -0.2) is 130 Å². The molecule has 8 N–H and O–H groups in total. The van der Waals surface area contributed by atoms with E-state index in [0.717, 1.165) is 19.3 Å². The summed E-state index contributed by atoms with van der Waals surface area (Å²) in [7, 11) is 6.75. The van der Waals surface area contributed by atoms with E-state index in [-0.39, 0.29) is 105 Å². The highest BCUT2D eigenvalue weighted by molar-refractivity contribution is 8.93. The summed E-state index contributed by atoms with van der Waals surface area (Å²) < 4.78 is 11.1. The van der Waals surface area contributed by atoms with E-state index in [1.54, 1.807) is 84.7 Å². The zero-order valence-electron chi connectivity index (χ0n) is 37.2. The maximum atomic E-state index is 13.6. The fourth-order valence-electron chi connectivity index (χ4n) is 6.03. The molecule has 2 aliphatic rings. The minimum Gasteiger partial charge on any atom is -0.444 e. The minimum absolute atomic E-state index is 0.0138. The van der Waals surface area contributed by atoms with Crippen molar-refractivity contribution in [2.45, 2.75) is 152 Å². The Labute approximate surface area is 382 Å². The van der Waals surface area contributed by atoms with Gasteiger partial charge in [-0.1, -0.05) is 56.0 Å². The third-order valence-corrected chi connectivity index (χ3v) is 13.4. The van der Waals surface area contributed by atoms with Gasteiger partial charge in [0.15, 0.2) is 0 Å². The molecule has 2 saturated heterocycles. The van der Waals surface area contributed by atoms with E-state index in [0.29, 0.717) is 49.7 Å². The Morgan fingerprint density at radius 3 is 1.60 bits per heavy atom. The monoisotopic (exact) mass is 950 g/mol. The van der Waals surface area contributed by atoms with Crippen molar-refractivity contribution in [3.8, 4) is 0 Å². The van der Waals surface area contributed by atoms with Crippen LogP contribution in [0.25, 0.3) is 0 Å². The molecule has 18 nitrogen and oxygen atoms in total. The Hall–Kier alpha value is -3.08. The molecule has 0 saturated carbocycles. The molecule has 2 fully saturated rings. The Morgan fingerprint density at radius 2 is 1.11 bits per heavy atom. The molecule has 0 aliphatic carbocycles. The molecule has 0 spiro atoms. The van der Waals surface area contributed by atoms with Gasteiger partial charge >= 0.3 is 12.2 Å². The summed E-state index contributed by atoms with van der Waals surface area (Å²) in [6.45, 7) is 10.9. The van der Waals surface area contributed by atoms with Gasteiger partial charge in [-0.05, 0) is 80.1 Å². The number of ether oxygens (including phenoxy) is 2. The van der Waals surface area contributed by atoms with E-state index in [2.05, 4.69) is 21.3 Å². The van der Waals surface area contributed by atoms with Crippen molar-refractivity contribution in [2.75, 3.05) is 45.8 Å². The number of nitrogens with zero attached hydrogens (tertiary/aromatic N) is 2. The lowest BCUT2D eigenvalue weighted by Gasteiger charge is -2.28. The molecule has 2 heterocycles. The topological polar surface area (TPSA) is 262 Å². The molecule has 62 heavy (non-hydrogen) atoms. The Balaban J connectivity index is 2.01. The first-order chi connectivity index (χ1) is 29.1. The van der Waals surface area contributed by atoms with Crippen molar-refractivity contribution >= 4 is 90.7 Å². The standard InChI is InChI=1S/C40H70N8O10S4/c1-39(2,3)57-36(55)44-20-15-31(51)47(22-17-28(49)13-9-7-8-12-27(34(41)53)26-33-59-60-33)24-25-48(32(52)16-21-45-37(56)58-40(4,5)6)23-18-30(50)43-19-11-10-14-29(35(42)54)46-38-61-62-38/h27,29,33,38,46H,7-26H2,1-6H3,(H2,41,53)(H2,42,54)(H,43,50)(H,44,55)(H,45,56)/t27-,29+/m1/s1. The second-order valence-electron chi connectivity index (χ2n) is 17.2. The van der Waals surface area contributed by atoms with Crippen LogP contribution in [0.15, 0.2) is 0 Å². The Bertz CT molecular complexity index is 1380. The first-order valence-electron chi connectivity index (χ1n) is 21.4. The first kappa shape index (κ1) is 55.1. The number of nitrogens with two attached hydrogens (primary N) is 2. The molecule has 354 valence electrons. The molecule has 0 unspecified atom stereocenters. The number of unbranched alkanes of at least 4 members (excludes halogenated alkanes) is 3. The average molecular weight is 951 g/mol. The van der Waals surface area contributed by atoms with E-state index < -0.39 is 35.3 Å². The molecule has 0 bridgehead atoms. The van der Waals surface area contributed by atoms with Gasteiger partial charge in [0.05, 0.1) is 10.6 Å². The van der Waals surface area contributed by atoms with E-state index in [1.807, 2.05) is 0 Å². The van der Waals surface area contributed by atoms with E-state index in [4.69, 9.17) is 20.9 Å². The van der Waals surface area contributed by atoms with Crippen LogP contribution in [0.5, 0.6) is 0 Å². The van der Waals surface area contributed by atoms with Crippen molar-refractivity contribution in [2.24, 2.45) is 17.4 Å². The van der Waals surface area contributed by atoms with Gasteiger partial charge in [0.2, 0.25) is 29.5 Å². The van der Waals surface area contributed by atoms with Crippen LogP contribution in [0.2, 0.25) is 0 Å². The number of rotatable bonds is 32. The van der Waals surface area contributed by atoms with Gasteiger partial charge in [-0.15, -0.1) is 0 Å². The molecular formula is C40H70N8O10S4. The molecule has 2 atom stereocenters. The van der Waals surface area contributed by atoms with Gasteiger partial charge in [-0.3, -0.25) is 34.1 Å². The number of hydrogen-bond acceptors (Lipinski definition) is 15. The molecule has 0 radical (unpaired) electrons. The molecule has 0 aromatic rings. The summed E-state index contributed by atoms with van der Waals surface area (Å²) in [4.78, 5) is 104. The predicted molar refractivity (Wildman–Crippen MR) is 246 cm³/mol. The molecule has 2 rings (SSSR count). The van der Waals surface area contributed by atoms with Gasteiger partial charge in [0, 0.05) is 83.8 Å². The lowest BCUT2D eigenvalue weighted by Crippen LogP contribution is -2.44. The number of carbonyl (C=O) groups is 8. The summed E-state index contributed by atoms with van der Waals surface area (Å²) >= 11 is 0. The maximum Gasteiger partial charge on any atom is 0.407 e. The third-order valence-electron chi connectivity index (χ3n) is 9.36. The molecule has 0 aromatic heterocycles. The number of Topliss-reactive ketones (excluding diaryl/α,β-unsaturated/α-hetero) is 1. The normalized spacial score (nSPS) is 14.8. The summed E-state index contributed by atoms with van der Waals surface area (Å²) in [5, 5.41) is 11.2. The quantitative estimate of drug-likeness (QED) is 0.0310. The lowest BCUT2D eigenvalue weighted by atomic mass is 9.97. The van der Waals surface area contributed by atoms with Gasteiger partial charge in [-0.2, -0.15) is 0 Å². The van der Waals surface area contributed by atoms with Crippen molar-refractivity contribution in [3.05, 3.63) is 0 Å². The van der Waals surface area contributed by atoms with Crippen LogP contribution in [0.1, 0.15) is 125 Å². The molecule has 7 amide bonds. The maximum absolute atomic E-state index is 13.6. The summed E-state index contributed by atoms with van der Waals surface area (Å²) in [6.07, 6.45) is 4.27. The number of alkyl carbamates (subject to hydrolysis) is 2. The van der Waals surface area contributed by atoms with Gasteiger partial charge in [-0.25, -0.2) is 9.59 Å². The van der Waals surface area contributed by atoms with Crippen molar-refractivity contribution < 1.29 is 47.8 Å². The average Bonchev–Trinajstić information content (AvgIpc) is 4.10. The Morgan fingerprint density at radius 1 is 0.581 bits per heavy atom. The zero-order valence-corrected chi connectivity index (χ0v) is 40.5. The first-order valence-corrected chi connectivity index (χ1v) is 25.9. The fourth-order valence-corrected chi connectivity index (χ4v) is 8.44. The lowest BCUT2D eigenvalue weighted by molar-refractivity contribution is -0.136. The number of amides is 7. The van der Waals surface area contributed by atoms with Crippen LogP contribution >= 0.6 is 43.2 Å². The van der Waals surface area contributed by atoms with Crippen molar-refractivity contribution in [3.63, 3.8) is 0 Å². The summed E-state index contributed by atoms with van der Waals surface area (Å²) in [5.74, 6) is -1.92. The van der Waals surface area contributed by atoms with Crippen LogP contribution in [0, 0.1) is 5.92 Å². The van der Waals surface area contributed by atoms with Gasteiger partial charge in [0.25, 0.3) is 0 Å². The van der Waals surface area contributed by atoms with Gasteiger partial charge in [0.1, 0.15) is 21.7 Å². The van der Waals surface area contributed by atoms with Crippen molar-refractivity contribution in [1.82, 2.24) is 31.1 Å². The van der Waals surface area contributed by atoms with E-state index >= 15 is 0 Å². The van der Waals surface area contributed by atoms with Crippen LogP contribution in [0.4, 0.5) is 9.59 Å². The SMILES string of the molecule is CC(C)(C)OC(=O)NCCC(=O)N(CCC(=O)CCCCC[C@H](CC1SS1)C(N)=O)CCN(CCC(=O)NCCCC[C@H](NC1SS1)C(N)=O)C(=O)CCNC(=O)OC(C)(C)C. The summed E-state index contributed by atoms with van der Waals surface area (Å²) in [6, 6.07) is -0.442. The Kier molecular flexibility index (Phi) is 25.4. The number of carbonyl (C=O) groups excluding carboxylic acids is 8. The minimum atomic E-state index is -0.730. The highest BCUT2D eigenvalue weighted by atomic mass is 33.2. The molecular weight excluding hydrogens is 881 g/mol. The van der Waals surface area contributed by atoms with Gasteiger partial charge < -0.3 is 46.7 Å². The number of hydrogen-bond donors (Lipinski definition) is 6. The predicted octanol–water partition coefficient (Wildman–Crippen LogP) is 4.39. The smallest absolute Gasteiger partial charge is 0.407 e. The highest BCUT2D eigenvalue weighted by Crippen LogP contribution is 2.56. The molecule has 0 aromatic carbocycles. The second kappa shape index (κ2) is 28.7. The molecule has 22 heteroatoms. The fraction of sp³-hybridized carbons (Fsp3) is 0.800. The van der Waals surface area contributed by atoms with Crippen LogP contribution in [0.3, 0.4) is 0 Å². The zero-order chi connectivity index (χ0) is 46.3. The van der Waals surface area contributed by atoms with Crippen LogP contribution < -0.4 is 32.7 Å². The number of nitrogens with one attached hydrogen (secondary N) is 4. The highest BCUT2D eigenvalue weighted by Gasteiger charge is 2.31. The number of primary amides is 2. The van der Waals surface area contributed by atoms with Crippen molar-refractivity contribution in [1.29, 1.82) is 0 Å². The van der Waals surface area contributed by atoms with E-state index in [1.165, 1.54) is 9.80 Å². The molecule has 2 aliphatic heterocycles. The van der Waals surface area contributed by atoms with Crippen LogP contribution in [-0.2, 0) is 38.2 Å². The number of ketones is 1. The summed E-state index contributed by atoms with van der Waals surface area (Å²) in [5.41, 5.74) is 9.64. The third kappa shape index (κ3) is 27.9. The largest absolute Gasteiger partial charge is 0.444 e. The van der Waals surface area contributed by atoms with E-state index in [9.17, 15) is 38.4 Å². The second-order valence-corrected chi connectivity index (χ2v) is 23.0.